The molecular formula is C19H24N4O4S. The van der Waals surface area contributed by atoms with E-state index in [2.05, 4.69) is 4.40 Å². The van der Waals surface area contributed by atoms with E-state index in [1.165, 1.54) is 13.0 Å². The second kappa shape index (κ2) is 7.20. The molecular weight excluding hydrogens is 380 g/mol. The van der Waals surface area contributed by atoms with E-state index in [1.54, 1.807) is 21.9 Å². The molecule has 150 valence electrons. The highest BCUT2D eigenvalue weighted by molar-refractivity contribution is 7.90. The van der Waals surface area contributed by atoms with Gasteiger partial charge in [0.25, 0.3) is 15.9 Å². The molecule has 0 saturated carbocycles. The molecule has 3 aliphatic rings. The molecule has 0 spiro atoms. The van der Waals surface area contributed by atoms with Gasteiger partial charge in [0.1, 0.15) is 10.7 Å². The summed E-state index contributed by atoms with van der Waals surface area (Å²) in [5.74, 6) is 0.384. The largest absolute Gasteiger partial charge is 0.339 e. The van der Waals surface area contributed by atoms with Crippen LogP contribution in [0, 0.1) is 0 Å². The molecule has 2 saturated heterocycles. The highest BCUT2D eigenvalue weighted by atomic mass is 32.2. The van der Waals surface area contributed by atoms with Gasteiger partial charge in [0, 0.05) is 51.6 Å². The molecule has 0 aromatic heterocycles. The van der Waals surface area contributed by atoms with E-state index in [0.29, 0.717) is 49.7 Å². The van der Waals surface area contributed by atoms with Crippen LogP contribution in [0.2, 0.25) is 0 Å². The Labute approximate surface area is 164 Å². The van der Waals surface area contributed by atoms with Gasteiger partial charge in [0.2, 0.25) is 5.91 Å². The van der Waals surface area contributed by atoms with E-state index in [-0.39, 0.29) is 16.7 Å². The number of fused-ring (bicyclic) bond motifs is 3. The number of amidine groups is 1. The van der Waals surface area contributed by atoms with E-state index < -0.39 is 10.0 Å². The number of hydrogen-bond acceptors (Lipinski definition) is 5. The quantitative estimate of drug-likeness (QED) is 0.707. The highest BCUT2D eigenvalue weighted by Gasteiger charge is 2.33. The molecule has 0 aliphatic carbocycles. The summed E-state index contributed by atoms with van der Waals surface area (Å²) in [4.78, 5) is 29.8. The molecule has 0 radical (unpaired) electrons. The van der Waals surface area contributed by atoms with E-state index in [1.807, 2.05) is 4.90 Å². The van der Waals surface area contributed by atoms with Gasteiger partial charge in [-0.3, -0.25) is 9.59 Å². The standard InChI is InChI=1S/C19H24N4O4S/c1-14(24)21-9-11-22(12-10-21)19(25)15-6-7-16-17(13-15)28(26,27)20-18-5-3-2-4-8-23(16)18/h6-7,13H,2-5,8-12H2,1H3. The van der Waals surface area contributed by atoms with Gasteiger partial charge in [0.05, 0.1) is 5.69 Å². The number of benzene rings is 1. The van der Waals surface area contributed by atoms with Crippen molar-refractivity contribution in [2.75, 3.05) is 37.6 Å². The van der Waals surface area contributed by atoms with Gasteiger partial charge in [-0.1, -0.05) is 6.42 Å². The maximum Gasteiger partial charge on any atom is 0.286 e. The minimum atomic E-state index is -3.81. The average Bonchev–Trinajstić information content (AvgIpc) is 2.92. The second-order valence-electron chi connectivity index (χ2n) is 7.43. The van der Waals surface area contributed by atoms with Crippen LogP contribution in [0.25, 0.3) is 0 Å². The van der Waals surface area contributed by atoms with E-state index in [4.69, 9.17) is 0 Å². The average molecular weight is 404 g/mol. The zero-order chi connectivity index (χ0) is 19.9. The molecule has 0 N–H and O–H groups in total. The Balaban J connectivity index is 1.61. The first kappa shape index (κ1) is 18.9. The van der Waals surface area contributed by atoms with Gasteiger partial charge in [-0.15, -0.1) is 4.40 Å². The second-order valence-corrected chi connectivity index (χ2v) is 9.00. The van der Waals surface area contributed by atoms with Crippen molar-refractivity contribution in [3.63, 3.8) is 0 Å². The molecule has 2 fully saturated rings. The van der Waals surface area contributed by atoms with Crippen LogP contribution in [0.1, 0.15) is 43.0 Å². The molecule has 3 aliphatic heterocycles. The molecule has 0 bridgehead atoms. The predicted octanol–water partition coefficient (Wildman–Crippen LogP) is 1.47. The number of hydrogen-bond donors (Lipinski definition) is 0. The first-order valence-corrected chi connectivity index (χ1v) is 11.1. The lowest BCUT2D eigenvalue weighted by Gasteiger charge is -2.34. The van der Waals surface area contributed by atoms with Gasteiger partial charge in [-0.25, -0.2) is 0 Å². The maximum atomic E-state index is 12.9. The van der Waals surface area contributed by atoms with Gasteiger partial charge in [-0.05, 0) is 31.0 Å². The molecule has 9 heteroatoms. The third-order valence-electron chi connectivity index (χ3n) is 5.61. The Hall–Kier alpha value is -2.42. The fourth-order valence-corrected chi connectivity index (χ4v) is 5.30. The van der Waals surface area contributed by atoms with Crippen molar-refractivity contribution in [1.29, 1.82) is 0 Å². The molecule has 8 nitrogen and oxygen atoms in total. The third-order valence-corrected chi connectivity index (χ3v) is 6.94. The fraction of sp³-hybridized carbons (Fsp3) is 0.526. The van der Waals surface area contributed by atoms with Crippen molar-refractivity contribution in [2.24, 2.45) is 4.40 Å². The lowest BCUT2D eigenvalue weighted by atomic mass is 10.1. The summed E-state index contributed by atoms with van der Waals surface area (Å²) in [6, 6.07) is 4.88. The normalized spacial score (nSPS) is 21.3. The number of carbonyl (C=O) groups is 2. The zero-order valence-electron chi connectivity index (χ0n) is 15.9. The van der Waals surface area contributed by atoms with Crippen LogP contribution in [0.4, 0.5) is 5.69 Å². The smallest absolute Gasteiger partial charge is 0.286 e. The van der Waals surface area contributed by atoms with Crippen LogP contribution in [0.15, 0.2) is 27.5 Å². The Morgan fingerprint density at radius 3 is 2.39 bits per heavy atom. The van der Waals surface area contributed by atoms with Gasteiger partial charge < -0.3 is 14.7 Å². The van der Waals surface area contributed by atoms with Crippen LogP contribution in [0.3, 0.4) is 0 Å². The zero-order valence-corrected chi connectivity index (χ0v) is 16.7. The predicted molar refractivity (Wildman–Crippen MR) is 105 cm³/mol. The van der Waals surface area contributed by atoms with Crippen molar-refractivity contribution >= 4 is 33.4 Å². The third kappa shape index (κ3) is 3.39. The Morgan fingerprint density at radius 1 is 0.964 bits per heavy atom. The monoisotopic (exact) mass is 404 g/mol. The molecule has 1 aromatic carbocycles. The summed E-state index contributed by atoms with van der Waals surface area (Å²) in [6.45, 7) is 4.12. The van der Waals surface area contributed by atoms with Crippen LogP contribution in [-0.2, 0) is 14.8 Å². The maximum absolute atomic E-state index is 12.9. The Kier molecular flexibility index (Phi) is 4.86. The SMILES string of the molecule is CC(=O)N1CCN(C(=O)c2ccc3c(c2)S(=O)(=O)N=C2CCCCCN23)CC1. The molecule has 2 amide bonds. The molecule has 3 heterocycles. The summed E-state index contributed by atoms with van der Waals surface area (Å²) in [6.07, 6.45) is 3.62. The number of carbonyl (C=O) groups excluding carboxylic acids is 2. The van der Waals surface area contributed by atoms with Gasteiger partial charge >= 0.3 is 0 Å². The summed E-state index contributed by atoms with van der Waals surface area (Å²) in [5, 5.41) is 0. The summed E-state index contributed by atoms with van der Waals surface area (Å²) < 4.78 is 29.5. The molecule has 0 unspecified atom stereocenters. The van der Waals surface area contributed by atoms with Crippen molar-refractivity contribution in [3.05, 3.63) is 23.8 Å². The number of sulfonamides is 1. The number of anilines is 1. The van der Waals surface area contributed by atoms with E-state index >= 15 is 0 Å². The summed E-state index contributed by atoms with van der Waals surface area (Å²) in [7, 11) is -3.81. The first-order chi connectivity index (χ1) is 13.4. The fourth-order valence-electron chi connectivity index (χ4n) is 4.02. The van der Waals surface area contributed by atoms with Crippen molar-refractivity contribution in [3.8, 4) is 0 Å². The van der Waals surface area contributed by atoms with E-state index in [9.17, 15) is 18.0 Å². The Bertz CT molecular complexity index is 949. The highest BCUT2D eigenvalue weighted by Crippen LogP contribution is 2.35. The lowest BCUT2D eigenvalue weighted by molar-refractivity contribution is -0.130. The van der Waals surface area contributed by atoms with Crippen molar-refractivity contribution in [1.82, 2.24) is 9.80 Å². The molecule has 4 rings (SSSR count). The molecule has 28 heavy (non-hydrogen) atoms. The minimum absolute atomic E-state index is 0.00177. The van der Waals surface area contributed by atoms with Crippen LogP contribution in [0.5, 0.6) is 0 Å². The number of rotatable bonds is 1. The summed E-state index contributed by atoms with van der Waals surface area (Å²) >= 11 is 0. The lowest BCUT2D eigenvalue weighted by Crippen LogP contribution is -2.50. The Morgan fingerprint density at radius 2 is 1.68 bits per heavy atom. The first-order valence-electron chi connectivity index (χ1n) is 9.67. The van der Waals surface area contributed by atoms with E-state index in [0.717, 1.165) is 25.8 Å². The van der Waals surface area contributed by atoms with Gasteiger partial charge in [0.15, 0.2) is 0 Å². The topological polar surface area (TPSA) is 90.4 Å². The van der Waals surface area contributed by atoms with Crippen LogP contribution < -0.4 is 4.90 Å². The number of piperazine rings is 1. The van der Waals surface area contributed by atoms with Gasteiger partial charge in [-0.2, -0.15) is 8.42 Å². The molecule has 0 atom stereocenters. The van der Waals surface area contributed by atoms with Crippen LogP contribution >= 0.6 is 0 Å². The minimum Gasteiger partial charge on any atom is -0.339 e. The number of nitrogens with zero attached hydrogens (tertiary/aromatic N) is 4. The summed E-state index contributed by atoms with van der Waals surface area (Å²) in [5.41, 5.74) is 0.955. The van der Waals surface area contributed by atoms with Crippen molar-refractivity contribution < 1.29 is 18.0 Å². The van der Waals surface area contributed by atoms with Crippen molar-refractivity contribution in [2.45, 2.75) is 37.5 Å². The number of amides is 2. The van der Waals surface area contributed by atoms with Crippen LogP contribution in [-0.4, -0.2) is 68.6 Å². The molecule has 1 aromatic rings.